The van der Waals surface area contributed by atoms with Crippen LogP contribution >= 0.6 is 0 Å². The molecule has 3 saturated heterocycles. The highest BCUT2D eigenvalue weighted by molar-refractivity contribution is 5.76. The van der Waals surface area contributed by atoms with Gasteiger partial charge in [0.1, 0.15) is 0 Å². The molecular formula is C23H32F3N5O4. The number of aliphatic carboxylic acids is 1. The lowest BCUT2D eigenvalue weighted by Crippen LogP contribution is -2.55. The molecule has 194 valence electrons. The van der Waals surface area contributed by atoms with Gasteiger partial charge in [-0.2, -0.15) is 13.2 Å². The van der Waals surface area contributed by atoms with Gasteiger partial charge in [-0.05, 0) is 37.4 Å². The molecule has 35 heavy (non-hydrogen) atoms. The van der Waals surface area contributed by atoms with E-state index in [1.165, 1.54) is 5.56 Å². The molecule has 0 bridgehead atoms. The lowest BCUT2D eigenvalue weighted by molar-refractivity contribution is -0.192. The number of likely N-dealkylation sites (tertiary alicyclic amines) is 3. The standard InChI is InChI=1S/C21H31N5O2.C2HF3O2/c1-16(27)26-15-21(8-11-25(14-21)20(28)23(2)3)19-18(26)7-5-10-24(19)13-17-6-4-9-22-12-17;3-2(4,5)1(6)7/h4,6,9,12,18-19H,5,7-8,10-11,13-15H2,1-3H3;(H,6,7). The van der Waals surface area contributed by atoms with Crippen LogP contribution < -0.4 is 0 Å². The van der Waals surface area contributed by atoms with Crippen molar-refractivity contribution >= 4 is 17.9 Å². The van der Waals surface area contributed by atoms with Crippen LogP contribution in [0.3, 0.4) is 0 Å². The van der Waals surface area contributed by atoms with Gasteiger partial charge in [0.2, 0.25) is 5.91 Å². The molecule has 3 fully saturated rings. The van der Waals surface area contributed by atoms with E-state index in [0.717, 1.165) is 52.0 Å². The fourth-order valence-electron chi connectivity index (χ4n) is 5.68. The topological polar surface area (TPSA) is 97.3 Å². The van der Waals surface area contributed by atoms with Crippen molar-refractivity contribution in [2.24, 2.45) is 5.41 Å². The number of carboxylic acid groups (broad SMARTS) is 1. The maximum atomic E-state index is 12.6. The van der Waals surface area contributed by atoms with Crippen molar-refractivity contribution in [2.75, 3.05) is 40.3 Å². The summed E-state index contributed by atoms with van der Waals surface area (Å²) < 4.78 is 31.7. The van der Waals surface area contributed by atoms with Crippen molar-refractivity contribution in [1.29, 1.82) is 0 Å². The summed E-state index contributed by atoms with van der Waals surface area (Å²) in [6.45, 7) is 5.84. The van der Waals surface area contributed by atoms with Crippen molar-refractivity contribution in [3.63, 3.8) is 0 Å². The molecule has 0 aromatic carbocycles. The third-order valence-corrected chi connectivity index (χ3v) is 7.01. The summed E-state index contributed by atoms with van der Waals surface area (Å²) in [6, 6.07) is 4.72. The van der Waals surface area contributed by atoms with E-state index >= 15 is 0 Å². The second-order valence-corrected chi connectivity index (χ2v) is 9.65. The number of urea groups is 1. The minimum atomic E-state index is -5.08. The molecular weight excluding hydrogens is 467 g/mol. The van der Waals surface area contributed by atoms with Crippen molar-refractivity contribution in [1.82, 2.24) is 24.6 Å². The van der Waals surface area contributed by atoms with Crippen LogP contribution in [0.25, 0.3) is 0 Å². The smallest absolute Gasteiger partial charge is 0.475 e. The second-order valence-electron chi connectivity index (χ2n) is 9.65. The van der Waals surface area contributed by atoms with Crippen LogP contribution in [-0.4, -0.2) is 106 Å². The van der Waals surface area contributed by atoms with Gasteiger partial charge < -0.3 is 19.8 Å². The van der Waals surface area contributed by atoms with Gasteiger partial charge >= 0.3 is 18.2 Å². The highest BCUT2D eigenvalue weighted by Crippen LogP contribution is 2.48. The second kappa shape index (κ2) is 10.4. The Morgan fingerprint density at radius 1 is 1.23 bits per heavy atom. The number of carbonyl (C=O) groups excluding carboxylic acids is 2. The Morgan fingerprint density at radius 2 is 1.91 bits per heavy atom. The molecule has 12 heteroatoms. The molecule has 1 aromatic heterocycles. The summed E-state index contributed by atoms with van der Waals surface area (Å²) in [5.41, 5.74) is 1.17. The minimum Gasteiger partial charge on any atom is -0.475 e. The Bertz CT molecular complexity index is 929. The molecule has 1 aromatic rings. The predicted octanol–water partition coefficient (Wildman–Crippen LogP) is 2.28. The van der Waals surface area contributed by atoms with Gasteiger partial charge in [0, 0.05) is 77.1 Å². The van der Waals surface area contributed by atoms with Gasteiger partial charge in [0.05, 0.1) is 0 Å². The monoisotopic (exact) mass is 499 g/mol. The Hall–Kier alpha value is -2.89. The molecule has 4 heterocycles. The molecule has 0 radical (unpaired) electrons. The van der Waals surface area contributed by atoms with Crippen LogP contribution in [0, 0.1) is 5.41 Å². The van der Waals surface area contributed by atoms with Crippen LogP contribution in [0.2, 0.25) is 0 Å². The van der Waals surface area contributed by atoms with Gasteiger partial charge in [-0.15, -0.1) is 0 Å². The van der Waals surface area contributed by atoms with Crippen molar-refractivity contribution in [2.45, 2.75) is 51.0 Å². The van der Waals surface area contributed by atoms with E-state index in [2.05, 4.69) is 20.9 Å². The highest BCUT2D eigenvalue weighted by atomic mass is 19.4. The quantitative estimate of drug-likeness (QED) is 0.671. The number of hydrogen-bond acceptors (Lipinski definition) is 5. The van der Waals surface area contributed by atoms with Gasteiger partial charge in [0.15, 0.2) is 0 Å². The number of fused-ring (bicyclic) bond motifs is 2. The Morgan fingerprint density at radius 3 is 2.46 bits per heavy atom. The lowest BCUT2D eigenvalue weighted by atomic mass is 9.76. The molecule has 1 N–H and O–H groups in total. The number of pyridine rings is 1. The molecule has 3 aliphatic heterocycles. The van der Waals surface area contributed by atoms with Crippen molar-refractivity contribution in [3.05, 3.63) is 30.1 Å². The maximum absolute atomic E-state index is 12.6. The third kappa shape index (κ3) is 5.85. The molecule has 3 atom stereocenters. The van der Waals surface area contributed by atoms with Crippen LogP contribution in [0.1, 0.15) is 31.7 Å². The molecule has 9 nitrogen and oxygen atoms in total. The zero-order chi connectivity index (χ0) is 26.0. The number of piperidine rings is 1. The fraction of sp³-hybridized carbons (Fsp3) is 0.652. The molecule has 3 amide bonds. The average Bonchev–Trinajstić information content (AvgIpc) is 3.36. The molecule has 4 rings (SSSR count). The highest BCUT2D eigenvalue weighted by Gasteiger charge is 2.59. The number of amides is 3. The summed E-state index contributed by atoms with van der Waals surface area (Å²) in [7, 11) is 3.62. The van der Waals surface area contributed by atoms with E-state index in [0.29, 0.717) is 6.04 Å². The van der Waals surface area contributed by atoms with Gasteiger partial charge in [-0.25, -0.2) is 9.59 Å². The van der Waals surface area contributed by atoms with E-state index in [4.69, 9.17) is 9.90 Å². The van der Waals surface area contributed by atoms with E-state index < -0.39 is 12.1 Å². The van der Waals surface area contributed by atoms with Crippen LogP contribution in [0.15, 0.2) is 24.5 Å². The number of aromatic nitrogens is 1. The largest absolute Gasteiger partial charge is 0.490 e. The predicted molar refractivity (Wildman–Crippen MR) is 120 cm³/mol. The fourth-order valence-corrected chi connectivity index (χ4v) is 5.68. The van der Waals surface area contributed by atoms with E-state index in [9.17, 15) is 22.8 Å². The molecule has 3 unspecified atom stereocenters. The summed E-state index contributed by atoms with van der Waals surface area (Å²) in [5.74, 6) is -2.60. The van der Waals surface area contributed by atoms with Crippen molar-refractivity contribution < 1.29 is 32.7 Å². The summed E-state index contributed by atoms with van der Waals surface area (Å²) >= 11 is 0. The van der Waals surface area contributed by atoms with Gasteiger partial charge in [-0.3, -0.25) is 14.7 Å². The molecule has 0 aliphatic carbocycles. The van der Waals surface area contributed by atoms with Crippen LogP contribution in [-0.2, 0) is 16.1 Å². The number of halogens is 3. The maximum Gasteiger partial charge on any atom is 0.490 e. The SMILES string of the molecule is CC(=O)N1CC2(CCN(C(=O)N(C)C)C2)C2C1CCCN2Cc1cccnc1.O=C(O)C(F)(F)F. The minimum absolute atomic E-state index is 0.0371. The average molecular weight is 500 g/mol. The first-order valence-electron chi connectivity index (χ1n) is 11.5. The normalized spacial score (nSPS) is 26.2. The van der Waals surface area contributed by atoms with E-state index in [-0.39, 0.29) is 23.4 Å². The molecule has 1 spiro atoms. The number of alkyl halides is 3. The van der Waals surface area contributed by atoms with Crippen LogP contribution in [0.4, 0.5) is 18.0 Å². The first kappa shape index (κ1) is 26.7. The van der Waals surface area contributed by atoms with E-state index in [1.807, 2.05) is 31.3 Å². The number of carboxylic acids is 1. The molecule has 3 aliphatic rings. The number of nitrogens with zero attached hydrogens (tertiary/aromatic N) is 5. The van der Waals surface area contributed by atoms with Gasteiger partial charge in [0.25, 0.3) is 0 Å². The first-order chi connectivity index (χ1) is 16.4. The number of rotatable bonds is 2. The summed E-state index contributed by atoms with van der Waals surface area (Å²) in [4.78, 5) is 46.5. The van der Waals surface area contributed by atoms with Crippen LogP contribution in [0.5, 0.6) is 0 Å². The summed E-state index contributed by atoms with van der Waals surface area (Å²) in [6.07, 6.45) is 1.77. The summed E-state index contributed by atoms with van der Waals surface area (Å²) in [5, 5.41) is 7.12. The first-order valence-corrected chi connectivity index (χ1v) is 11.5. The van der Waals surface area contributed by atoms with E-state index in [1.54, 1.807) is 18.0 Å². The van der Waals surface area contributed by atoms with Crippen molar-refractivity contribution in [3.8, 4) is 0 Å². The Balaban J connectivity index is 0.000000429. The number of carbonyl (C=O) groups is 3. The third-order valence-electron chi connectivity index (χ3n) is 7.01. The Kier molecular flexibility index (Phi) is 7.93. The van der Waals surface area contributed by atoms with Gasteiger partial charge in [-0.1, -0.05) is 6.07 Å². The zero-order valence-corrected chi connectivity index (χ0v) is 20.2. The zero-order valence-electron chi connectivity index (χ0n) is 20.2. The Labute approximate surface area is 202 Å². The lowest BCUT2D eigenvalue weighted by Gasteiger charge is -2.44. The molecule has 0 saturated carbocycles. The number of hydrogen-bond donors (Lipinski definition) is 1.